The van der Waals surface area contributed by atoms with Crippen molar-refractivity contribution in [3.05, 3.63) is 41.8 Å². The molecule has 0 atom stereocenters. The summed E-state index contributed by atoms with van der Waals surface area (Å²) in [4.78, 5) is 8.02. The number of hydrogen-bond acceptors (Lipinski definition) is 5. The van der Waals surface area contributed by atoms with E-state index >= 15 is 0 Å². The van der Waals surface area contributed by atoms with Crippen LogP contribution in [0.15, 0.2) is 41.6 Å². The van der Waals surface area contributed by atoms with E-state index in [1.807, 2.05) is 0 Å². The minimum Gasteiger partial charge on any atom is -0.340 e. The lowest BCUT2D eigenvalue weighted by atomic mass is 10.3. The fraction of sp³-hybridized carbons (Fsp3) is 0.0909. The Morgan fingerprint density at radius 2 is 1.83 bits per heavy atom. The first-order valence-corrected chi connectivity index (χ1v) is 7.27. The highest BCUT2D eigenvalue weighted by Gasteiger charge is 2.06. The molecule has 0 fully saturated rings. The van der Waals surface area contributed by atoms with E-state index in [0.717, 1.165) is 5.69 Å². The SMILES string of the molecule is CS(=O)(=O)c1ccc(Nc2cc(Cl)ncn2)cc1. The van der Waals surface area contributed by atoms with Gasteiger partial charge in [0.15, 0.2) is 9.84 Å². The van der Waals surface area contributed by atoms with Gasteiger partial charge in [-0.3, -0.25) is 0 Å². The van der Waals surface area contributed by atoms with Crippen LogP contribution < -0.4 is 5.32 Å². The molecule has 0 aliphatic carbocycles. The predicted molar refractivity (Wildman–Crippen MR) is 69.9 cm³/mol. The van der Waals surface area contributed by atoms with Gasteiger partial charge < -0.3 is 5.32 Å². The molecule has 1 aromatic carbocycles. The van der Waals surface area contributed by atoms with Gasteiger partial charge in [-0.25, -0.2) is 18.4 Å². The van der Waals surface area contributed by atoms with Gasteiger partial charge >= 0.3 is 0 Å². The number of anilines is 2. The molecule has 1 aromatic heterocycles. The summed E-state index contributed by atoms with van der Waals surface area (Å²) in [5, 5.41) is 3.33. The summed E-state index contributed by atoms with van der Waals surface area (Å²) in [6.07, 6.45) is 2.51. The molecule has 1 N–H and O–H groups in total. The molecule has 0 spiro atoms. The van der Waals surface area contributed by atoms with Crippen molar-refractivity contribution < 1.29 is 8.42 Å². The highest BCUT2D eigenvalue weighted by atomic mass is 35.5. The number of nitrogens with one attached hydrogen (secondary N) is 1. The standard InChI is InChI=1S/C11H10ClN3O2S/c1-18(16,17)9-4-2-8(3-5-9)15-11-6-10(12)13-7-14-11/h2-7H,1H3,(H,13,14,15). The Bertz CT molecular complexity index is 656. The smallest absolute Gasteiger partial charge is 0.175 e. The quantitative estimate of drug-likeness (QED) is 0.875. The zero-order valence-corrected chi connectivity index (χ0v) is 11.0. The van der Waals surface area contributed by atoms with Crippen LogP contribution in [-0.2, 0) is 9.84 Å². The minimum atomic E-state index is -3.17. The molecule has 0 unspecified atom stereocenters. The maximum Gasteiger partial charge on any atom is 0.175 e. The van der Waals surface area contributed by atoms with Gasteiger partial charge in [-0.05, 0) is 24.3 Å². The molecule has 0 saturated heterocycles. The molecule has 7 heteroatoms. The van der Waals surface area contributed by atoms with Gasteiger partial charge in [-0.15, -0.1) is 0 Å². The van der Waals surface area contributed by atoms with E-state index in [0.29, 0.717) is 11.0 Å². The molecule has 0 saturated carbocycles. The van der Waals surface area contributed by atoms with Crippen LogP contribution in [0.1, 0.15) is 0 Å². The van der Waals surface area contributed by atoms with Gasteiger partial charge in [0.05, 0.1) is 4.90 Å². The van der Waals surface area contributed by atoms with E-state index in [1.54, 1.807) is 18.2 Å². The fourth-order valence-electron chi connectivity index (χ4n) is 1.34. The second kappa shape index (κ2) is 4.91. The van der Waals surface area contributed by atoms with E-state index in [-0.39, 0.29) is 4.90 Å². The van der Waals surface area contributed by atoms with Crippen molar-refractivity contribution in [1.82, 2.24) is 9.97 Å². The average Bonchev–Trinajstić information content (AvgIpc) is 2.28. The first-order valence-electron chi connectivity index (χ1n) is 5.00. The molecular formula is C11H10ClN3O2S. The second-order valence-electron chi connectivity index (χ2n) is 3.65. The van der Waals surface area contributed by atoms with Crippen LogP contribution in [0.4, 0.5) is 11.5 Å². The molecule has 2 rings (SSSR count). The second-order valence-corrected chi connectivity index (χ2v) is 6.05. The lowest BCUT2D eigenvalue weighted by molar-refractivity contribution is 0.602. The number of halogens is 1. The summed E-state index contributed by atoms with van der Waals surface area (Å²) < 4.78 is 22.6. The van der Waals surface area contributed by atoms with Crippen LogP contribution in [0.2, 0.25) is 5.15 Å². The van der Waals surface area contributed by atoms with Crippen LogP contribution in [-0.4, -0.2) is 24.6 Å². The highest BCUT2D eigenvalue weighted by Crippen LogP contribution is 2.18. The maximum atomic E-state index is 11.3. The van der Waals surface area contributed by atoms with Crippen LogP contribution in [0.3, 0.4) is 0 Å². The molecule has 94 valence electrons. The van der Waals surface area contributed by atoms with Gasteiger partial charge in [0.2, 0.25) is 0 Å². The molecule has 0 amide bonds. The van der Waals surface area contributed by atoms with Gasteiger partial charge in [0, 0.05) is 18.0 Å². The van der Waals surface area contributed by atoms with E-state index < -0.39 is 9.84 Å². The number of rotatable bonds is 3. The molecule has 0 aliphatic heterocycles. The van der Waals surface area contributed by atoms with Crippen molar-refractivity contribution in [2.45, 2.75) is 4.90 Å². The Morgan fingerprint density at radius 3 is 2.39 bits per heavy atom. The molecule has 2 aromatic rings. The van der Waals surface area contributed by atoms with Gasteiger partial charge in [0.1, 0.15) is 17.3 Å². The third-order valence-electron chi connectivity index (χ3n) is 2.19. The fourth-order valence-corrected chi connectivity index (χ4v) is 2.11. The van der Waals surface area contributed by atoms with Gasteiger partial charge in [0.25, 0.3) is 0 Å². The average molecular weight is 284 g/mol. The number of benzene rings is 1. The van der Waals surface area contributed by atoms with Crippen molar-refractivity contribution in [3.8, 4) is 0 Å². The van der Waals surface area contributed by atoms with Crippen molar-refractivity contribution in [2.75, 3.05) is 11.6 Å². The van der Waals surface area contributed by atoms with Crippen molar-refractivity contribution in [1.29, 1.82) is 0 Å². The van der Waals surface area contributed by atoms with Crippen molar-refractivity contribution in [2.24, 2.45) is 0 Å². The van der Waals surface area contributed by atoms with Crippen molar-refractivity contribution in [3.63, 3.8) is 0 Å². The third kappa shape index (κ3) is 3.18. The molecule has 5 nitrogen and oxygen atoms in total. The lowest BCUT2D eigenvalue weighted by Gasteiger charge is -2.06. The van der Waals surface area contributed by atoms with Gasteiger partial charge in [-0.2, -0.15) is 0 Å². The predicted octanol–water partition coefficient (Wildman–Crippen LogP) is 2.28. The Hall–Kier alpha value is -1.66. The number of nitrogens with zero attached hydrogens (tertiary/aromatic N) is 2. The van der Waals surface area contributed by atoms with E-state index in [2.05, 4.69) is 15.3 Å². The van der Waals surface area contributed by atoms with Crippen molar-refractivity contribution >= 4 is 32.9 Å². The zero-order chi connectivity index (χ0) is 13.2. The zero-order valence-electron chi connectivity index (χ0n) is 9.46. The molecule has 0 aliphatic rings. The topological polar surface area (TPSA) is 72.0 Å². The van der Waals surface area contributed by atoms with Crippen LogP contribution in [0.25, 0.3) is 0 Å². The number of sulfone groups is 1. The normalized spacial score (nSPS) is 11.2. The summed E-state index contributed by atoms with van der Waals surface area (Å²) in [6.45, 7) is 0. The van der Waals surface area contributed by atoms with E-state index in [1.165, 1.54) is 24.7 Å². The van der Waals surface area contributed by atoms with Gasteiger partial charge in [-0.1, -0.05) is 11.6 Å². The number of hydrogen-bond donors (Lipinski definition) is 1. The van der Waals surface area contributed by atoms with Crippen LogP contribution in [0, 0.1) is 0 Å². The molecule has 1 heterocycles. The molecule has 0 radical (unpaired) electrons. The summed E-state index contributed by atoms with van der Waals surface area (Å²) in [6, 6.07) is 7.95. The summed E-state index contributed by atoms with van der Waals surface area (Å²) in [5.41, 5.74) is 0.720. The molecule has 18 heavy (non-hydrogen) atoms. The summed E-state index contributed by atoms with van der Waals surface area (Å²) in [7, 11) is -3.17. The Morgan fingerprint density at radius 1 is 1.17 bits per heavy atom. The molecule has 0 bridgehead atoms. The lowest BCUT2D eigenvalue weighted by Crippen LogP contribution is -1.98. The summed E-state index contributed by atoms with van der Waals surface area (Å²) >= 11 is 5.73. The van der Waals surface area contributed by atoms with Crippen LogP contribution in [0.5, 0.6) is 0 Å². The van der Waals surface area contributed by atoms with Crippen LogP contribution >= 0.6 is 11.6 Å². The summed E-state index contributed by atoms with van der Waals surface area (Å²) in [5.74, 6) is 0.544. The minimum absolute atomic E-state index is 0.272. The Balaban J connectivity index is 2.21. The maximum absolute atomic E-state index is 11.3. The Labute approximate surface area is 110 Å². The Kier molecular flexibility index (Phi) is 3.49. The first kappa shape index (κ1) is 12.8. The van der Waals surface area contributed by atoms with E-state index in [9.17, 15) is 8.42 Å². The largest absolute Gasteiger partial charge is 0.340 e. The monoisotopic (exact) mass is 283 g/mol. The highest BCUT2D eigenvalue weighted by molar-refractivity contribution is 7.90. The number of aromatic nitrogens is 2. The first-order chi connectivity index (χ1) is 8.45. The molecular weight excluding hydrogens is 274 g/mol. The third-order valence-corrected chi connectivity index (χ3v) is 3.52. The van der Waals surface area contributed by atoms with E-state index in [4.69, 9.17) is 11.6 Å².